The molecular weight excluding hydrogens is 236 g/mol. The van der Waals surface area contributed by atoms with Crippen LogP contribution < -0.4 is 5.32 Å². The molecule has 1 aromatic rings. The van der Waals surface area contributed by atoms with E-state index >= 15 is 0 Å². The minimum atomic E-state index is -1.24. The zero-order valence-electron chi connectivity index (χ0n) is 8.22. The van der Waals surface area contributed by atoms with E-state index in [4.69, 9.17) is 5.11 Å². The van der Waals surface area contributed by atoms with Crippen LogP contribution in [0.4, 0.5) is 5.00 Å². The minimum absolute atomic E-state index is 0.0985. The largest absolute Gasteiger partial charge is 0.476 e. The maximum Gasteiger partial charge on any atom is 0.357 e. The van der Waals surface area contributed by atoms with E-state index in [1.807, 2.05) is 0 Å². The lowest BCUT2D eigenvalue weighted by molar-refractivity contribution is -0.142. The lowest BCUT2D eigenvalue weighted by Gasteiger charge is -2.01. The third-order valence-electron chi connectivity index (χ3n) is 1.56. The number of carbonyl (C=O) groups is 3. The molecule has 0 fully saturated rings. The van der Waals surface area contributed by atoms with Crippen molar-refractivity contribution in [3.05, 3.63) is 11.2 Å². The first kappa shape index (κ1) is 12.1. The molecule has 0 saturated carbocycles. The Morgan fingerprint density at radius 1 is 1.56 bits per heavy atom. The van der Waals surface area contributed by atoms with Crippen molar-refractivity contribution < 1.29 is 24.2 Å². The van der Waals surface area contributed by atoms with E-state index in [1.54, 1.807) is 0 Å². The van der Waals surface area contributed by atoms with Crippen LogP contribution in [0, 0.1) is 0 Å². The number of thiazole rings is 1. The maximum absolute atomic E-state index is 11.2. The van der Waals surface area contributed by atoms with Crippen molar-refractivity contribution in [2.75, 3.05) is 12.4 Å². The van der Waals surface area contributed by atoms with Gasteiger partial charge in [0.05, 0.1) is 12.6 Å². The number of methoxy groups -OCH3 is 1. The van der Waals surface area contributed by atoms with E-state index in [9.17, 15) is 14.4 Å². The number of nitrogens with one attached hydrogen (secondary N) is 1. The third kappa shape index (κ3) is 3.02. The smallest absolute Gasteiger partial charge is 0.357 e. The van der Waals surface area contributed by atoms with E-state index in [-0.39, 0.29) is 10.7 Å². The summed E-state index contributed by atoms with van der Waals surface area (Å²) < 4.78 is 4.29. The summed E-state index contributed by atoms with van der Waals surface area (Å²) in [4.78, 5) is 36.2. The molecule has 8 heteroatoms. The van der Waals surface area contributed by atoms with Crippen LogP contribution in [0.5, 0.6) is 0 Å². The lowest BCUT2D eigenvalue weighted by Crippen LogP contribution is -2.18. The molecule has 0 atom stereocenters. The second-order valence-electron chi connectivity index (χ2n) is 2.64. The molecule has 0 radical (unpaired) electrons. The molecule has 0 saturated heterocycles. The fraction of sp³-hybridized carbons (Fsp3) is 0.250. The fourth-order valence-corrected chi connectivity index (χ4v) is 1.55. The van der Waals surface area contributed by atoms with Crippen LogP contribution in [0.2, 0.25) is 0 Å². The highest BCUT2D eigenvalue weighted by molar-refractivity contribution is 7.14. The Hall–Kier alpha value is -1.96. The molecular formula is C8H8N2O5S. The minimum Gasteiger partial charge on any atom is -0.476 e. The van der Waals surface area contributed by atoms with Gasteiger partial charge >= 0.3 is 11.9 Å². The first-order valence-corrected chi connectivity index (χ1v) is 4.96. The van der Waals surface area contributed by atoms with Crippen LogP contribution in [0.3, 0.4) is 0 Å². The Kier molecular flexibility index (Phi) is 3.95. The van der Waals surface area contributed by atoms with Crippen molar-refractivity contribution in [2.45, 2.75) is 6.42 Å². The standard InChI is InChI=1S/C8H8N2O5S/c1-15-5(12)2-4(11)10-7-6(8(13)14)9-3-16-7/h3H,2H2,1H3,(H,10,11)(H,13,14). The van der Waals surface area contributed by atoms with Crippen LogP contribution in [0.25, 0.3) is 0 Å². The Bertz CT molecular complexity index is 428. The van der Waals surface area contributed by atoms with Crippen molar-refractivity contribution in [1.29, 1.82) is 0 Å². The molecule has 2 N–H and O–H groups in total. The Balaban J connectivity index is 2.66. The van der Waals surface area contributed by atoms with Gasteiger partial charge in [0.25, 0.3) is 0 Å². The Morgan fingerprint density at radius 3 is 2.81 bits per heavy atom. The van der Waals surface area contributed by atoms with E-state index in [1.165, 1.54) is 5.51 Å². The number of carboxylic acids is 1. The first-order chi connectivity index (χ1) is 7.54. The SMILES string of the molecule is COC(=O)CC(=O)Nc1scnc1C(=O)O. The van der Waals surface area contributed by atoms with Gasteiger partial charge in [0.2, 0.25) is 5.91 Å². The van der Waals surface area contributed by atoms with Crippen LogP contribution in [0.1, 0.15) is 16.9 Å². The molecule has 7 nitrogen and oxygen atoms in total. The highest BCUT2D eigenvalue weighted by Crippen LogP contribution is 2.20. The van der Waals surface area contributed by atoms with Crippen LogP contribution in [0.15, 0.2) is 5.51 Å². The number of ether oxygens (including phenoxy) is 1. The predicted molar refractivity (Wildman–Crippen MR) is 54.3 cm³/mol. The molecule has 0 bridgehead atoms. The Labute approximate surface area is 94.1 Å². The summed E-state index contributed by atoms with van der Waals surface area (Å²) in [5.41, 5.74) is 1.04. The van der Waals surface area contributed by atoms with Gasteiger partial charge in [-0.1, -0.05) is 0 Å². The number of amides is 1. The number of rotatable bonds is 4. The van der Waals surface area contributed by atoms with Crippen molar-refractivity contribution in [3.8, 4) is 0 Å². The second kappa shape index (κ2) is 5.21. The lowest BCUT2D eigenvalue weighted by atomic mass is 10.4. The van der Waals surface area contributed by atoms with Gasteiger partial charge in [0, 0.05) is 0 Å². The highest BCUT2D eigenvalue weighted by atomic mass is 32.1. The van der Waals surface area contributed by atoms with Crippen molar-refractivity contribution in [1.82, 2.24) is 4.98 Å². The average molecular weight is 244 g/mol. The summed E-state index contributed by atoms with van der Waals surface area (Å²) in [5.74, 6) is -2.58. The summed E-state index contributed by atoms with van der Waals surface area (Å²) in [7, 11) is 1.16. The molecule has 0 aromatic carbocycles. The van der Waals surface area contributed by atoms with Gasteiger partial charge in [-0.2, -0.15) is 0 Å². The predicted octanol–water partition coefficient (Wildman–Crippen LogP) is 0.343. The maximum atomic E-state index is 11.2. The van der Waals surface area contributed by atoms with Gasteiger partial charge < -0.3 is 15.2 Å². The summed E-state index contributed by atoms with van der Waals surface area (Å²) >= 11 is 0.965. The quantitative estimate of drug-likeness (QED) is 0.584. The van der Waals surface area contributed by atoms with E-state index in [0.717, 1.165) is 18.4 Å². The number of hydrogen-bond donors (Lipinski definition) is 2. The van der Waals surface area contributed by atoms with Crippen molar-refractivity contribution >= 4 is 34.2 Å². The number of anilines is 1. The molecule has 16 heavy (non-hydrogen) atoms. The number of aromatic carboxylic acids is 1. The number of nitrogens with zero attached hydrogens (tertiary/aromatic N) is 1. The summed E-state index contributed by atoms with van der Waals surface area (Å²) in [5, 5.41) is 11.1. The van der Waals surface area contributed by atoms with Gasteiger partial charge in [-0.05, 0) is 0 Å². The van der Waals surface area contributed by atoms with Crippen LogP contribution in [-0.2, 0) is 14.3 Å². The van der Waals surface area contributed by atoms with E-state index in [0.29, 0.717) is 0 Å². The van der Waals surface area contributed by atoms with Gasteiger partial charge in [-0.3, -0.25) is 9.59 Å². The molecule has 1 rings (SSSR count). The molecule has 1 aromatic heterocycles. The molecule has 86 valence electrons. The molecule has 1 amide bonds. The molecule has 0 aliphatic rings. The third-order valence-corrected chi connectivity index (χ3v) is 2.30. The second-order valence-corrected chi connectivity index (χ2v) is 3.49. The van der Waals surface area contributed by atoms with Gasteiger partial charge in [0.1, 0.15) is 11.4 Å². The highest BCUT2D eigenvalue weighted by Gasteiger charge is 2.17. The molecule has 1 heterocycles. The summed E-state index contributed by atoms with van der Waals surface area (Å²) in [6, 6.07) is 0. The number of hydrogen-bond acceptors (Lipinski definition) is 6. The average Bonchev–Trinajstić information content (AvgIpc) is 2.65. The fourth-order valence-electron chi connectivity index (χ4n) is 0.861. The number of esters is 1. The van der Waals surface area contributed by atoms with Crippen molar-refractivity contribution in [2.24, 2.45) is 0 Å². The van der Waals surface area contributed by atoms with Gasteiger partial charge in [-0.25, -0.2) is 9.78 Å². The summed E-state index contributed by atoms with van der Waals surface area (Å²) in [6.07, 6.45) is -0.465. The zero-order chi connectivity index (χ0) is 12.1. The molecule has 0 aliphatic heterocycles. The summed E-state index contributed by atoms with van der Waals surface area (Å²) in [6.45, 7) is 0. The Morgan fingerprint density at radius 2 is 2.25 bits per heavy atom. The first-order valence-electron chi connectivity index (χ1n) is 4.08. The number of carboxylic acid groups (broad SMARTS) is 1. The van der Waals surface area contributed by atoms with E-state index < -0.39 is 24.3 Å². The molecule has 0 aliphatic carbocycles. The van der Waals surface area contributed by atoms with Crippen LogP contribution >= 0.6 is 11.3 Å². The van der Waals surface area contributed by atoms with Crippen molar-refractivity contribution in [3.63, 3.8) is 0 Å². The zero-order valence-corrected chi connectivity index (χ0v) is 9.04. The van der Waals surface area contributed by atoms with E-state index in [2.05, 4.69) is 15.0 Å². The number of carbonyl (C=O) groups excluding carboxylic acids is 2. The molecule has 0 unspecified atom stereocenters. The normalized spacial score (nSPS) is 9.56. The van der Waals surface area contributed by atoms with Gasteiger partial charge in [0.15, 0.2) is 5.69 Å². The number of aromatic nitrogens is 1. The van der Waals surface area contributed by atoms with Gasteiger partial charge in [-0.15, -0.1) is 11.3 Å². The van der Waals surface area contributed by atoms with Crippen LogP contribution in [-0.4, -0.2) is 35.0 Å². The monoisotopic (exact) mass is 244 g/mol. The topological polar surface area (TPSA) is 106 Å². The molecule has 0 spiro atoms.